The molecule has 0 aliphatic rings. The van der Waals surface area contributed by atoms with Crippen molar-refractivity contribution >= 4 is 32.7 Å². The maximum absolute atomic E-state index is 12.7. The number of aromatic amines is 2. The number of phenols is 2. The summed E-state index contributed by atoms with van der Waals surface area (Å²) < 4.78 is 7.21. The molecule has 0 saturated carbocycles. The van der Waals surface area contributed by atoms with E-state index in [1.54, 1.807) is 4.68 Å². The van der Waals surface area contributed by atoms with Crippen molar-refractivity contribution in [3.8, 4) is 28.4 Å². The van der Waals surface area contributed by atoms with Gasteiger partial charge >= 0.3 is 4.87 Å². The maximum Gasteiger partial charge on any atom is 0.306 e. The summed E-state index contributed by atoms with van der Waals surface area (Å²) in [6, 6.07) is 2.75. The van der Waals surface area contributed by atoms with Gasteiger partial charge in [-0.3, -0.25) is 24.4 Å². The van der Waals surface area contributed by atoms with Crippen molar-refractivity contribution in [3.05, 3.63) is 32.2 Å². The number of rotatable bonds is 3. The third-order valence-electron chi connectivity index (χ3n) is 4.31. The highest BCUT2D eigenvalue weighted by atomic mass is 32.1. The first-order chi connectivity index (χ1) is 12.8. The molecule has 3 heterocycles. The van der Waals surface area contributed by atoms with E-state index in [2.05, 4.69) is 15.1 Å². The molecule has 10 heteroatoms. The Balaban J connectivity index is 2.23. The van der Waals surface area contributed by atoms with E-state index in [4.69, 9.17) is 4.74 Å². The second-order valence-corrected chi connectivity index (χ2v) is 7.31. The Bertz CT molecular complexity index is 1310. The van der Waals surface area contributed by atoms with Gasteiger partial charge in [-0.15, -0.1) is 0 Å². The number of phenolic OH excluding ortho intramolecular Hbond substituents is 2. The molecule has 4 N–H and O–H groups in total. The molecular formula is C17H16N4O5S. The number of hydrogen-bond acceptors (Lipinski definition) is 7. The van der Waals surface area contributed by atoms with Gasteiger partial charge in [0.2, 0.25) is 5.75 Å². The molecule has 0 unspecified atom stereocenters. The Morgan fingerprint density at radius 2 is 2.00 bits per heavy atom. The van der Waals surface area contributed by atoms with Crippen molar-refractivity contribution in [1.29, 1.82) is 0 Å². The molecule has 0 aliphatic carbocycles. The lowest BCUT2D eigenvalue weighted by molar-refractivity contribution is 0.351. The number of pyridine rings is 1. The van der Waals surface area contributed by atoms with Gasteiger partial charge in [0, 0.05) is 11.6 Å². The fraction of sp³-hybridized carbons (Fsp3) is 0.235. The molecule has 0 aliphatic heterocycles. The summed E-state index contributed by atoms with van der Waals surface area (Å²) in [4.78, 5) is 31.5. The third kappa shape index (κ3) is 2.48. The Labute approximate surface area is 155 Å². The number of methoxy groups -OCH3 is 1. The molecule has 4 rings (SSSR count). The number of thiazole rings is 1. The van der Waals surface area contributed by atoms with Gasteiger partial charge in [-0.05, 0) is 31.5 Å². The zero-order valence-electron chi connectivity index (χ0n) is 14.7. The van der Waals surface area contributed by atoms with E-state index in [0.717, 1.165) is 11.3 Å². The van der Waals surface area contributed by atoms with Gasteiger partial charge in [-0.25, -0.2) is 4.98 Å². The van der Waals surface area contributed by atoms with Crippen molar-refractivity contribution in [2.75, 3.05) is 7.11 Å². The van der Waals surface area contributed by atoms with Crippen LogP contribution in [0.15, 0.2) is 21.7 Å². The number of nitrogens with zero attached hydrogens (tertiary/aromatic N) is 2. The zero-order valence-corrected chi connectivity index (χ0v) is 15.5. The minimum atomic E-state index is -0.404. The molecule has 3 aromatic heterocycles. The second kappa shape index (κ2) is 5.88. The molecule has 0 radical (unpaired) electrons. The Hall–Kier alpha value is -3.27. The van der Waals surface area contributed by atoms with Crippen LogP contribution in [0.4, 0.5) is 0 Å². The largest absolute Gasteiger partial charge is 0.504 e. The number of ether oxygens (including phenoxy) is 1. The average Bonchev–Trinajstić information content (AvgIpc) is 3.14. The van der Waals surface area contributed by atoms with Crippen molar-refractivity contribution in [3.63, 3.8) is 0 Å². The fourth-order valence-electron chi connectivity index (χ4n) is 3.11. The topological polar surface area (TPSA) is 133 Å². The molecule has 0 saturated heterocycles. The first kappa shape index (κ1) is 17.2. The Morgan fingerprint density at radius 1 is 1.26 bits per heavy atom. The predicted molar refractivity (Wildman–Crippen MR) is 102 cm³/mol. The van der Waals surface area contributed by atoms with Crippen LogP contribution in [0, 0.1) is 0 Å². The summed E-state index contributed by atoms with van der Waals surface area (Å²) in [7, 11) is 1.35. The van der Waals surface area contributed by atoms with Crippen LogP contribution >= 0.6 is 11.3 Å². The van der Waals surface area contributed by atoms with E-state index >= 15 is 0 Å². The molecule has 4 aromatic rings. The number of nitrogens with one attached hydrogen (secondary N) is 2. The van der Waals surface area contributed by atoms with Gasteiger partial charge < -0.3 is 14.9 Å². The van der Waals surface area contributed by atoms with Crippen LogP contribution in [-0.4, -0.2) is 37.1 Å². The summed E-state index contributed by atoms with van der Waals surface area (Å²) in [5, 5.41) is 23.1. The lowest BCUT2D eigenvalue weighted by Gasteiger charge is -2.11. The third-order valence-corrected chi connectivity index (χ3v) is 5.19. The smallest absolute Gasteiger partial charge is 0.306 e. The van der Waals surface area contributed by atoms with Gasteiger partial charge in [-0.2, -0.15) is 0 Å². The molecular weight excluding hydrogens is 372 g/mol. The highest BCUT2D eigenvalue weighted by molar-refractivity contribution is 7.17. The SMILES string of the molecule is COc1cc(-c2c3sc(=O)[nH]c3nc3c2c(=O)[nH]n3C(C)C)cc(O)c1O. The zero-order chi connectivity index (χ0) is 19.5. The summed E-state index contributed by atoms with van der Waals surface area (Å²) in [5.41, 5.74) is 1.22. The van der Waals surface area contributed by atoms with Crippen LogP contribution in [0.5, 0.6) is 17.2 Å². The molecule has 0 bridgehead atoms. The molecule has 0 fully saturated rings. The minimum absolute atomic E-state index is 0.0470. The summed E-state index contributed by atoms with van der Waals surface area (Å²) in [6.45, 7) is 3.79. The summed E-state index contributed by atoms with van der Waals surface area (Å²) in [5.74, 6) is -0.755. The van der Waals surface area contributed by atoms with E-state index < -0.39 is 11.5 Å². The number of H-pyrrole nitrogens is 2. The van der Waals surface area contributed by atoms with Gasteiger partial charge in [0.25, 0.3) is 5.56 Å². The van der Waals surface area contributed by atoms with Crippen LogP contribution in [-0.2, 0) is 0 Å². The van der Waals surface area contributed by atoms with Gasteiger partial charge in [0.1, 0.15) is 0 Å². The predicted octanol–water partition coefficient (Wildman–Crippen LogP) is 2.30. The van der Waals surface area contributed by atoms with E-state index in [1.807, 2.05) is 13.8 Å². The number of aromatic nitrogens is 4. The standard InChI is InChI=1S/C17H16N4O5S/c1-6(2)21-15-11(16(24)20-21)10(13-14(18-15)19-17(25)27-13)7-4-8(22)12(23)9(5-7)26-3/h4-6,22-23H,1-3H3,(H,20,24)(H,18,19,25). The van der Waals surface area contributed by atoms with E-state index in [9.17, 15) is 19.8 Å². The van der Waals surface area contributed by atoms with Crippen molar-refractivity contribution in [1.82, 2.24) is 19.7 Å². The molecule has 140 valence electrons. The molecule has 1 aromatic carbocycles. The Morgan fingerprint density at radius 3 is 2.67 bits per heavy atom. The first-order valence-electron chi connectivity index (χ1n) is 8.09. The normalized spacial score (nSPS) is 11.7. The number of benzene rings is 1. The molecule has 0 atom stereocenters. The lowest BCUT2D eigenvalue weighted by atomic mass is 10.0. The van der Waals surface area contributed by atoms with Gasteiger partial charge in [-0.1, -0.05) is 11.3 Å². The summed E-state index contributed by atoms with van der Waals surface area (Å²) >= 11 is 0.918. The second-order valence-electron chi connectivity index (χ2n) is 6.33. The highest BCUT2D eigenvalue weighted by Gasteiger charge is 2.23. The van der Waals surface area contributed by atoms with Crippen LogP contribution in [0.1, 0.15) is 19.9 Å². The molecule has 9 nitrogen and oxygen atoms in total. The minimum Gasteiger partial charge on any atom is -0.504 e. The van der Waals surface area contributed by atoms with Gasteiger partial charge in [0.15, 0.2) is 22.8 Å². The fourth-order valence-corrected chi connectivity index (χ4v) is 3.95. The maximum atomic E-state index is 12.7. The molecule has 0 amide bonds. The number of hydrogen-bond donors (Lipinski definition) is 4. The highest BCUT2D eigenvalue weighted by Crippen LogP contribution is 2.43. The Kier molecular flexibility index (Phi) is 3.74. The number of fused-ring (bicyclic) bond motifs is 2. The average molecular weight is 388 g/mol. The van der Waals surface area contributed by atoms with Crippen molar-refractivity contribution < 1.29 is 14.9 Å². The van der Waals surface area contributed by atoms with Crippen LogP contribution < -0.4 is 15.2 Å². The van der Waals surface area contributed by atoms with Crippen LogP contribution in [0.25, 0.3) is 32.5 Å². The molecule has 27 heavy (non-hydrogen) atoms. The quantitative estimate of drug-likeness (QED) is 0.398. The van der Waals surface area contributed by atoms with Crippen molar-refractivity contribution in [2.45, 2.75) is 19.9 Å². The first-order valence-corrected chi connectivity index (χ1v) is 8.90. The van der Waals surface area contributed by atoms with Crippen LogP contribution in [0.3, 0.4) is 0 Å². The van der Waals surface area contributed by atoms with E-state index in [1.165, 1.54) is 19.2 Å². The lowest BCUT2D eigenvalue weighted by Crippen LogP contribution is -2.08. The van der Waals surface area contributed by atoms with Gasteiger partial charge in [0.05, 0.1) is 17.2 Å². The van der Waals surface area contributed by atoms with Crippen molar-refractivity contribution in [2.24, 2.45) is 0 Å². The molecule has 0 spiro atoms. The summed E-state index contributed by atoms with van der Waals surface area (Å²) in [6.07, 6.45) is 0. The van der Waals surface area contributed by atoms with E-state index in [-0.39, 0.29) is 22.2 Å². The van der Waals surface area contributed by atoms with Crippen LogP contribution in [0.2, 0.25) is 0 Å². The van der Waals surface area contributed by atoms with E-state index in [0.29, 0.717) is 32.5 Å². The number of aromatic hydroxyl groups is 2. The monoisotopic (exact) mass is 388 g/mol.